The lowest BCUT2D eigenvalue weighted by molar-refractivity contribution is -0.384. The third-order valence-electron chi connectivity index (χ3n) is 5.47. The zero-order valence-corrected chi connectivity index (χ0v) is 18.4. The van der Waals surface area contributed by atoms with E-state index in [2.05, 4.69) is 0 Å². The van der Waals surface area contributed by atoms with Gasteiger partial charge in [-0.05, 0) is 44.4 Å². The Kier molecular flexibility index (Phi) is 6.41. The number of benzene rings is 2. The Morgan fingerprint density at radius 3 is 2.76 bits per heavy atom. The molecule has 0 radical (unpaired) electrons. The number of ether oxygens (including phenoxy) is 2. The molecule has 2 heterocycles. The van der Waals surface area contributed by atoms with Crippen molar-refractivity contribution in [1.82, 2.24) is 0 Å². The molecule has 0 saturated heterocycles. The predicted molar refractivity (Wildman–Crippen MR) is 120 cm³/mol. The monoisotopic (exact) mass is 452 g/mol. The molecule has 33 heavy (non-hydrogen) atoms. The summed E-state index contributed by atoms with van der Waals surface area (Å²) in [4.78, 5) is 37.7. The zero-order valence-electron chi connectivity index (χ0n) is 18.4. The molecule has 0 fully saturated rings. The van der Waals surface area contributed by atoms with Gasteiger partial charge < -0.3 is 18.8 Å². The molecular weight excluding hydrogens is 428 g/mol. The number of rotatable bonds is 7. The highest BCUT2D eigenvalue weighted by Gasteiger charge is 2.27. The van der Waals surface area contributed by atoms with Crippen LogP contribution in [0.2, 0.25) is 0 Å². The number of nitrogens with zero attached hydrogens (tertiary/aromatic N) is 2. The van der Waals surface area contributed by atoms with E-state index in [0.29, 0.717) is 36.2 Å². The van der Waals surface area contributed by atoms with E-state index in [1.165, 1.54) is 17.0 Å². The number of aryl methyl sites for hydroxylation is 1. The van der Waals surface area contributed by atoms with E-state index in [0.717, 1.165) is 10.9 Å². The summed E-state index contributed by atoms with van der Waals surface area (Å²) in [5.74, 6) is -1.14. The minimum absolute atomic E-state index is 0.0133. The first-order valence-corrected chi connectivity index (χ1v) is 10.7. The number of fused-ring (bicyclic) bond motifs is 2. The number of nitro benzene ring substituents is 1. The lowest BCUT2D eigenvalue weighted by atomic mass is 10.0. The molecule has 0 N–H and O–H groups in total. The molecule has 3 aromatic rings. The smallest absolute Gasteiger partial charge is 0.375 e. The molecule has 0 spiro atoms. The molecular formula is C24H24N2O7. The number of non-ortho nitro benzene ring substituents is 1. The number of carbonyl (C=O) groups excluding carboxylic acids is 2. The summed E-state index contributed by atoms with van der Waals surface area (Å²) in [5.41, 5.74) is 2.41. The summed E-state index contributed by atoms with van der Waals surface area (Å²) in [7, 11) is 0. The molecule has 0 atom stereocenters. The van der Waals surface area contributed by atoms with Gasteiger partial charge in [-0.25, -0.2) is 4.79 Å². The van der Waals surface area contributed by atoms with E-state index >= 15 is 0 Å². The van der Waals surface area contributed by atoms with Gasteiger partial charge >= 0.3 is 5.97 Å². The fourth-order valence-corrected chi connectivity index (χ4v) is 3.88. The maximum Gasteiger partial charge on any atom is 0.375 e. The number of nitro groups is 1. The van der Waals surface area contributed by atoms with E-state index in [1.54, 1.807) is 18.2 Å². The quantitative estimate of drug-likeness (QED) is 0.297. The Balaban J connectivity index is 1.50. The Labute approximate surface area is 190 Å². The molecule has 9 heteroatoms. The van der Waals surface area contributed by atoms with Crippen LogP contribution < -0.4 is 4.90 Å². The van der Waals surface area contributed by atoms with E-state index in [-0.39, 0.29) is 24.2 Å². The van der Waals surface area contributed by atoms with Crippen LogP contribution in [-0.2, 0) is 27.3 Å². The lowest BCUT2D eigenvalue weighted by Gasteiger charge is -2.29. The Bertz CT molecular complexity index is 1210. The van der Waals surface area contributed by atoms with Crippen LogP contribution in [-0.4, -0.2) is 36.1 Å². The summed E-state index contributed by atoms with van der Waals surface area (Å²) in [6.07, 6.45) is 1.26. The summed E-state index contributed by atoms with van der Waals surface area (Å²) in [5, 5.41) is 11.8. The van der Waals surface area contributed by atoms with Crippen molar-refractivity contribution in [1.29, 1.82) is 0 Å². The van der Waals surface area contributed by atoms with Gasteiger partial charge in [-0.1, -0.05) is 18.2 Å². The first kappa shape index (κ1) is 22.5. The van der Waals surface area contributed by atoms with Crippen molar-refractivity contribution in [3.63, 3.8) is 0 Å². The van der Waals surface area contributed by atoms with Crippen molar-refractivity contribution in [2.45, 2.75) is 39.4 Å². The number of hydrogen-bond donors (Lipinski definition) is 0. The highest BCUT2D eigenvalue weighted by atomic mass is 16.6. The second-order valence-electron chi connectivity index (χ2n) is 8.06. The van der Waals surface area contributed by atoms with E-state index in [1.807, 2.05) is 26.0 Å². The summed E-state index contributed by atoms with van der Waals surface area (Å²) in [6.45, 7) is 3.93. The first-order valence-electron chi connectivity index (χ1n) is 10.7. The number of furan rings is 1. The largest absolute Gasteiger partial charge is 0.450 e. The Morgan fingerprint density at radius 1 is 1.21 bits per heavy atom. The molecule has 1 aliphatic rings. The topological polar surface area (TPSA) is 112 Å². The van der Waals surface area contributed by atoms with Crippen LogP contribution in [0.3, 0.4) is 0 Å². The zero-order chi connectivity index (χ0) is 23.5. The number of hydrogen-bond acceptors (Lipinski definition) is 7. The molecule has 0 aliphatic carbocycles. The average molecular weight is 452 g/mol. The van der Waals surface area contributed by atoms with Gasteiger partial charge in [0.1, 0.15) is 5.58 Å². The normalized spacial score (nSPS) is 13.2. The van der Waals surface area contributed by atoms with Crippen molar-refractivity contribution in [2.75, 3.05) is 18.1 Å². The molecule has 0 unspecified atom stereocenters. The standard InChI is InChI=1S/C24H24N2O7/c1-15(2)31-13-19-18-7-3-4-8-21(18)33-23(19)24(28)32-14-22(27)25-11-5-6-16-12-17(26(29)30)9-10-20(16)25/h3-4,7-10,12,15H,5-6,11,13-14H2,1-2H3. The molecule has 1 aliphatic heterocycles. The van der Waals surface area contributed by atoms with Crippen molar-refractivity contribution >= 4 is 34.2 Å². The third kappa shape index (κ3) is 4.73. The van der Waals surface area contributed by atoms with Crippen molar-refractivity contribution in [3.8, 4) is 0 Å². The molecule has 4 rings (SSSR count). The molecule has 9 nitrogen and oxygen atoms in total. The predicted octanol–water partition coefficient (Wildman–Crippen LogP) is 4.40. The minimum atomic E-state index is -0.747. The van der Waals surface area contributed by atoms with Crippen LogP contribution in [0.1, 0.15) is 41.9 Å². The van der Waals surface area contributed by atoms with Crippen LogP contribution in [0.4, 0.5) is 11.4 Å². The lowest BCUT2D eigenvalue weighted by Crippen LogP contribution is -2.38. The van der Waals surface area contributed by atoms with E-state index in [4.69, 9.17) is 13.9 Å². The number of carbonyl (C=O) groups is 2. The van der Waals surface area contributed by atoms with Gasteiger partial charge in [0.2, 0.25) is 5.76 Å². The second-order valence-corrected chi connectivity index (χ2v) is 8.06. The molecule has 0 bridgehead atoms. The summed E-state index contributed by atoms with van der Waals surface area (Å²) in [6, 6.07) is 11.6. The van der Waals surface area contributed by atoms with Gasteiger partial charge in [0.05, 0.1) is 17.6 Å². The molecule has 2 aromatic carbocycles. The van der Waals surface area contributed by atoms with E-state index < -0.39 is 23.4 Å². The van der Waals surface area contributed by atoms with Crippen LogP contribution in [0.25, 0.3) is 11.0 Å². The first-order chi connectivity index (χ1) is 15.8. The second kappa shape index (κ2) is 9.41. The Morgan fingerprint density at radius 2 is 2.00 bits per heavy atom. The van der Waals surface area contributed by atoms with Crippen molar-refractivity contribution < 1.29 is 28.4 Å². The van der Waals surface area contributed by atoms with Crippen LogP contribution in [0, 0.1) is 10.1 Å². The maximum atomic E-state index is 12.8. The Hall–Kier alpha value is -3.72. The fourth-order valence-electron chi connectivity index (χ4n) is 3.88. The highest BCUT2D eigenvalue weighted by Crippen LogP contribution is 2.31. The van der Waals surface area contributed by atoms with Crippen LogP contribution >= 0.6 is 0 Å². The average Bonchev–Trinajstić information content (AvgIpc) is 3.18. The number of anilines is 1. The molecule has 172 valence electrons. The highest BCUT2D eigenvalue weighted by molar-refractivity contribution is 5.99. The van der Waals surface area contributed by atoms with Crippen LogP contribution in [0.5, 0.6) is 0 Å². The maximum absolute atomic E-state index is 12.8. The number of amides is 1. The van der Waals surface area contributed by atoms with Gasteiger partial charge in [0.15, 0.2) is 6.61 Å². The summed E-state index contributed by atoms with van der Waals surface area (Å²) < 4.78 is 16.7. The van der Waals surface area contributed by atoms with Crippen molar-refractivity contribution in [3.05, 3.63) is 69.5 Å². The fraction of sp³-hybridized carbons (Fsp3) is 0.333. The SMILES string of the molecule is CC(C)OCc1c(C(=O)OCC(=O)N2CCCc3cc([N+](=O)[O-])ccc32)oc2ccccc12. The van der Waals surface area contributed by atoms with Gasteiger partial charge in [-0.3, -0.25) is 14.9 Å². The van der Waals surface area contributed by atoms with Gasteiger partial charge in [-0.15, -0.1) is 0 Å². The van der Waals surface area contributed by atoms with E-state index in [9.17, 15) is 19.7 Å². The van der Waals surface area contributed by atoms with Gasteiger partial charge in [-0.2, -0.15) is 0 Å². The minimum Gasteiger partial charge on any atom is -0.450 e. The molecule has 1 amide bonds. The van der Waals surface area contributed by atoms with Crippen LogP contribution in [0.15, 0.2) is 46.9 Å². The number of esters is 1. The molecule has 1 aromatic heterocycles. The van der Waals surface area contributed by atoms with Gasteiger partial charge in [0.25, 0.3) is 11.6 Å². The third-order valence-corrected chi connectivity index (χ3v) is 5.47. The number of para-hydroxylation sites is 1. The summed E-state index contributed by atoms with van der Waals surface area (Å²) >= 11 is 0. The van der Waals surface area contributed by atoms with Gasteiger partial charge in [0, 0.05) is 35.3 Å². The molecule has 0 saturated carbocycles. The van der Waals surface area contributed by atoms with Crippen molar-refractivity contribution in [2.24, 2.45) is 0 Å².